The number of nitrogens with zero attached hydrogens (tertiary/aromatic N) is 1. The average molecular weight is 251 g/mol. The van der Waals surface area contributed by atoms with E-state index in [4.69, 9.17) is 4.42 Å². The molecule has 2 heterocycles. The molecule has 3 heteroatoms. The quantitative estimate of drug-likeness (QED) is 0.652. The second kappa shape index (κ2) is 4.35. The molecule has 3 rings (SSSR count). The van der Waals surface area contributed by atoms with E-state index in [2.05, 4.69) is 4.98 Å². The third-order valence-electron chi connectivity index (χ3n) is 3.02. The van der Waals surface area contributed by atoms with Gasteiger partial charge in [0.2, 0.25) is 5.78 Å². The zero-order valence-electron chi connectivity index (χ0n) is 10.8. The molecule has 2 aromatic heterocycles. The fraction of sp³-hybridized carbons (Fsp3) is 0.125. The summed E-state index contributed by atoms with van der Waals surface area (Å²) in [6.45, 7) is 3.87. The SMILES string of the molecule is Cc1ccc2oc(C(=O)c3cccc(C)n3)cc2c1. The van der Waals surface area contributed by atoms with Crippen LogP contribution in [-0.2, 0) is 0 Å². The summed E-state index contributed by atoms with van der Waals surface area (Å²) in [6.07, 6.45) is 0. The van der Waals surface area contributed by atoms with Crippen molar-refractivity contribution >= 4 is 16.8 Å². The molecule has 19 heavy (non-hydrogen) atoms. The van der Waals surface area contributed by atoms with Gasteiger partial charge in [-0.2, -0.15) is 0 Å². The van der Waals surface area contributed by atoms with E-state index < -0.39 is 0 Å². The molecule has 0 aliphatic carbocycles. The Morgan fingerprint density at radius 2 is 1.95 bits per heavy atom. The monoisotopic (exact) mass is 251 g/mol. The highest BCUT2D eigenvalue weighted by Crippen LogP contribution is 2.22. The molecule has 0 N–H and O–H groups in total. The van der Waals surface area contributed by atoms with Gasteiger partial charge in [-0.3, -0.25) is 4.79 Å². The number of ketones is 1. The first kappa shape index (κ1) is 11.7. The van der Waals surface area contributed by atoms with Crippen LogP contribution in [0.2, 0.25) is 0 Å². The van der Waals surface area contributed by atoms with Crippen LogP contribution in [0.15, 0.2) is 46.9 Å². The molecule has 1 aromatic carbocycles. The maximum atomic E-state index is 12.3. The number of pyridine rings is 1. The maximum absolute atomic E-state index is 12.3. The molecule has 0 saturated heterocycles. The Bertz CT molecular complexity index is 771. The van der Waals surface area contributed by atoms with Crippen LogP contribution in [-0.4, -0.2) is 10.8 Å². The molecule has 0 saturated carbocycles. The van der Waals surface area contributed by atoms with Crippen molar-refractivity contribution in [2.75, 3.05) is 0 Å². The van der Waals surface area contributed by atoms with E-state index in [1.807, 2.05) is 44.2 Å². The van der Waals surface area contributed by atoms with Gasteiger partial charge in [-0.25, -0.2) is 4.98 Å². The molecule has 0 aliphatic heterocycles. The molecule has 0 fully saturated rings. The van der Waals surface area contributed by atoms with Gasteiger partial charge in [0.1, 0.15) is 11.3 Å². The van der Waals surface area contributed by atoms with Crippen molar-refractivity contribution in [3.05, 3.63) is 65.2 Å². The van der Waals surface area contributed by atoms with E-state index >= 15 is 0 Å². The van der Waals surface area contributed by atoms with Gasteiger partial charge in [-0.1, -0.05) is 17.7 Å². The van der Waals surface area contributed by atoms with Crippen molar-refractivity contribution in [3.63, 3.8) is 0 Å². The van der Waals surface area contributed by atoms with E-state index in [0.29, 0.717) is 11.5 Å². The number of benzene rings is 1. The Balaban J connectivity index is 2.06. The molecule has 3 nitrogen and oxygen atoms in total. The Kier molecular flexibility index (Phi) is 2.67. The summed E-state index contributed by atoms with van der Waals surface area (Å²) in [7, 11) is 0. The number of carbonyl (C=O) groups excluding carboxylic acids is 1. The van der Waals surface area contributed by atoms with Crippen LogP contribution in [0.5, 0.6) is 0 Å². The fourth-order valence-corrected chi connectivity index (χ4v) is 2.07. The van der Waals surface area contributed by atoms with Crippen molar-refractivity contribution in [1.29, 1.82) is 0 Å². The van der Waals surface area contributed by atoms with Crippen LogP contribution in [0.4, 0.5) is 0 Å². The van der Waals surface area contributed by atoms with Gasteiger partial charge in [-0.15, -0.1) is 0 Å². The molecule has 0 unspecified atom stereocenters. The number of rotatable bonds is 2. The number of furan rings is 1. The number of carbonyl (C=O) groups is 1. The molecule has 0 spiro atoms. The molecule has 3 aromatic rings. The minimum atomic E-state index is -0.183. The van der Waals surface area contributed by atoms with Crippen molar-refractivity contribution in [2.24, 2.45) is 0 Å². The minimum absolute atomic E-state index is 0.183. The minimum Gasteiger partial charge on any atom is -0.453 e. The number of aromatic nitrogens is 1. The van der Waals surface area contributed by atoms with Crippen LogP contribution in [0.1, 0.15) is 27.5 Å². The lowest BCUT2D eigenvalue weighted by atomic mass is 10.1. The summed E-state index contributed by atoms with van der Waals surface area (Å²) in [5, 5.41) is 0.941. The largest absolute Gasteiger partial charge is 0.453 e. The van der Waals surface area contributed by atoms with Gasteiger partial charge in [0.25, 0.3) is 0 Å². The number of hydrogen-bond donors (Lipinski definition) is 0. The van der Waals surface area contributed by atoms with E-state index in [9.17, 15) is 4.79 Å². The molecular weight excluding hydrogens is 238 g/mol. The first-order valence-corrected chi connectivity index (χ1v) is 6.12. The first-order valence-electron chi connectivity index (χ1n) is 6.12. The van der Waals surface area contributed by atoms with Gasteiger partial charge in [0.15, 0.2) is 5.76 Å². The van der Waals surface area contributed by atoms with E-state index in [-0.39, 0.29) is 5.78 Å². The average Bonchev–Trinajstić information content (AvgIpc) is 2.80. The summed E-state index contributed by atoms with van der Waals surface area (Å²) in [6, 6.07) is 13.0. The van der Waals surface area contributed by atoms with Gasteiger partial charge < -0.3 is 4.42 Å². The van der Waals surface area contributed by atoms with Crippen LogP contribution >= 0.6 is 0 Å². The molecule has 0 amide bonds. The summed E-state index contributed by atoms with van der Waals surface area (Å²) in [5.41, 5.74) is 3.09. The predicted molar refractivity (Wildman–Crippen MR) is 73.4 cm³/mol. The topological polar surface area (TPSA) is 43.1 Å². The Morgan fingerprint density at radius 3 is 2.74 bits per heavy atom. The van der Waals surface area contributed by atoms with Crippen LogP contribution in [0.25, 0.3) is 11.0 Å². The van der Waals surface area contributed by atoms with Crippen molar-refractivity contribution in [3.8, 4) is 0 Å². The van der Waals surface area contributed by atoms with Crippen molar-refractivity contribution in [1.82, 2.24) is 4.98 Å². The Hall–Kier alpha value is -2.42. The molecule has 0 bridgehead atoms. The van der Waals surface area contributed by atoms with Crippen molar-refractivity contribution < 1.29 is 9.21 Å². The number of hydrogen-bond acceptors (Lipinski definition) is 3. The van der Waals surface area contributed by atoms with Gasteiger partial charge in [0.05, 0.1) is 0 Å². The highest BCUT2D eigenvalue weighted by molar-refractivity contribution is 6.07. The third-order valence-corrected chi connectivity index (χ3v) is 3.02. The van der Waals surface area contributed by atoms with E-state index in [1.54, 1.807) is 12.1 Å². The molecule has 0 radical (unpaired) electrons. The smallest absolute Gasteiger partial charge is 0.246 e. The lowest BCUT2D eigenvalue weighted by molar-refractivity contribution is 0.101. The zero-order chi connectivity index (χ0) is 13.4. The highest BCUT2D eigenvalue weighted by Gasteiger charge is 2.15. The standard InChI is InChI=1S/C16H13NO2/c1-10-6-7-14-12(8-10)9-15(19-14)16(18)13-5-3-4-11(2)17-13/h3-9H,1-2H3. The molecule has 94 valence electrons. The zero-order valence-corrected chi connectivity index (χ0v) is 10.8. The summed E-state index contributed by atoms with van der Waals surface area (Å²) in [5.74, 6) is 0.149. The fourth-order valence-electron chi connectivity index (χ4n) is 2.07. The van der Waals surface area contributed by atoms with Gasteiger partial charge >= 0.3 is 0 Å². The summed E-state index contributed by atoms with van der Waals surface area (Å²) >= 11 is 0. The Labute approximate surface area is 110 Å². The van der Waals surface area contributed by atoms with Crippen LogP contribution < -0.4 is 0 Å². The van der Waals surface area contributed by atoms with Gasteiger partial charge in [0, 0.05) is 11.1 Å². The van der Waals surface area contributed by atoms with Crippen LogP contribution in [0, 0.1) is 13.8 Å². The number of aryl methyl sites for hydroxylation is 2. The Morgan fingerprint density at radius 1 is 1.11 bits per heavy atom. The summed E-state index contributed by atoms with van der Waals surface area (Å²) < 4.78 is 5.59. The lowest BCUT2D eigenvalue weighted by Gasteiger charge is -1.97. The van der Waals surface area contributed by atoms with E-state index in [0.717, 1.165) is 22.2 Å². The normalized spacial score (nSPS) is 10.8. The molecule has 0 atom stereocenters. The molecular formula is C16H13NO2. The highest BCUT2D eigenvalue weighted by atomic mass is 16.3. The third kappa shape index (κ3) is 2.15. The maximum Gasteiger partial charge on any atom is 0.246 e. The predicted octanol–water partition coefficient (Wildman–Crippen LogP) is 3.68. The number of fused-ring (bicyclic) bond motifs is 1. The van der Waals surface area contributed by atoms with Crippen molar-refractivity contribution in [2.45, 2.75) is 13.8 Å². The summed E-state index contributed by atoms with van der Waals surface area (Å²) in [4.78, 5) is 16.5. The molecule has 0 aliphatic rings. The lowest BCUT2D eigenvalue weighted by Crippen LogP contribution is -2.03. The second-order valence-corrected chi connectivity index (χ2v) is 4.65. The first-order chi connectivity index (χ1) is 9.13. The van der Waals surface area contributed by atoms with E-state index in [1.165, 1.54) is 0 Å². The van der Waals surface area contributed by atoms with Gasteiger partial charge in [-0.05, 0) is 44.2 Å². The van der Waals surface area contributed by atoms with Crippen LogP contribution in [0.3, 0.4) is 0 Å². The second-order valence-electron chi connectivity index (χ2n) is 4.65.